The number of carbonyl (C=O) groups excluding carboxylic acids is 2. The smallest absolute Gasteiger partial charge is 0.261 e. The van der Waals surface area contributed by atoms with Crippen LogP contribution in [0.25, 0.3) is 0 Å². The minimum Gasteiger partial charge on any atom is -0.493 e. The van der Waals surface area contributed by atoms with E-state index in [0.29, 0.717) is 35.7 Å². The normalized spacial score (nSPS) is 10.2. The molecule has 2 rings (SSSR count). The van der Waals surface area contributed by atoms with E-state index in [2.05, 4.69) is 38.8 Å². The molecule has 2 aromatic carbocycles. The van der Waals surface area contributed by atoms with Crippen molar-refractivity contribution in [2.75, 3.05) is 18.5 Å². The van der Waals surface area contributed by atoms with E-state index in [1.165, 1.54) is 0 Å². The van der Waals surface area contributed by atoms with Crippen molar-refractivity contribution in [1.29, 1.82) is 0 Å². The molecular formula is C21H24BrN3O3S. The summed E-state index contributed by atoms with van der Waals surface area (Å²) in [5.74, 6) is 0.00247. The van der Waals surface area contributed by atoms with Crippen molar-refractivity contribution in [3.63, 3.8) is 0 Å². The van der Waals surface area contributed by atoms with Crippen molar-refractivity contribution in [2.24, 2.45) is 0 Å². The molecule has 0 heterocycles. The lowest BCUT2D eigenvalue weighted by molar-refractivity contribution is 0.0952. The van der Waals surface area contributed by atoms with Gasteiger partial charge < -0.3 is 15.4 Å². The van der Waals surface area contributed by atoms with Crippen LogP contribution in [0.15, 0.2) is 46.9 Å². The molecule has 154 valence electrons. The van der Waals surface area contributed by atoms with Crippen LogP contribution in [-0.4, -0.2) is 30.1 Å². The van der Waals surface area contributed by atoms with Crippen LogP contribution in [0.4, 0.5) is 5.69 Å². The molecule has 2 amide bonds. The first-order valence-corrected chi connectivity index (χ1v) is 10.6. The molecule has 0 fully saturated rings. The third-order valence-electron chi connectivity index (χ3n) is 3.91. The van der Waals surface area contributed by atoms with Crippen LogP contribution in [0, 0.1) is 0 Å². The lowest BCUT2D eigenvalue weighted by atomic mass is 10.2. The van der Waals surface area contributed by atoms with Gasteiger partial charge in [0.05, 0.1) is 12.2 Å². The number of hydrogen-bond donors (Lipinski definition) is 3. The SMILES string of the molecule is CCCCOc1ccc(Br)cc1C(=O)NC(=S)Nc1ccc(C(=O)NCC)cc1. The van der Waals surface area contributed by atoms with E-state index in [-0.39, 0.29) is 16.9 Å². The van der Waals surface area contributed by atoms with E-state index < -0.39 is 0 Å². The number of carbonyl (C=O) groups is 2. The zero-order valence-corrected chi connectivity index (χ0v) is 18.8. The van der Waals surface area contributed by atoms with E-state index >= 15 is 0 Å². The molecule has 6 nitrogen and oxygen atoms in total. The third kappa shape index (κ3) is 7.14. The number of thiocarbonyl (C=S) groups is 1. The van der Waals surface area contributed by atoms with Gasteiger partial charge in [-0.3, -0.25) is 14.9 Å². The Labute approximate surface area is 184 Å². The highest BCUT2D eigenvalue weighted by Crippen LogP contribution is 2.23. The number of rotatable bonds is 8. The summed E-state index contributed by atoms with van der Waals surface area (Å²) >= 11 is 8.63. The first-order valence-electron chi connectivity index (χ1n) is 9.37. The quantitative estimate of drug-likeness (QED) is 0.385. The molecule has 0 radical (unpaired) electrons. The molecule has 8 heteroatoms. The first-order chi connectivity index (χ1) is 13.9. The van der Waals surface area contributed by atoms with Crippen LogP contribution < -0.4 is 20.7 Å². The maximum absolute atomic E-state index is 12.7. The van der Waals surface area contributed by atoms with Crippen molar-refractivity contribution in [1.82, 2.24) is 10.6 Å². The van der Waals surface area contributed by atoms with Gasteiger partial charge in [-0.15, -0.1) is 0 Å². The van der Waals surface area contributed by atoms with E-state index in [4.69, 9.17) is 17.0 Å². The fourth-order valence-corrected chi connectivity index (χ4v) is 3.00. The summed E-state index contributed by atoms with van der Waals surface area (Å²) < 4.78 is 6.49. The molecule has 0 saturated carbocycles. The van der Waals surface area contributed by atoms with Gasteiger partial charge in [0.25, 0.3) is 11.8 Å². The summed E-state index contributed by atoms with van der Waals surface area (Å²) in [7, 11) is 0. The molecule has 0 aliphatic carbocycles. The minimum absolute atomic E-state index is 0.139. The van der Waals surface area contributed by atoms with Gasteiger partial charge in [0, 0.05) is 22.3 Å². The molecule has 0 spiro atoms. The second-order valence-electron chi connectivity index (χ2n) is 6.19. The Kier molecular flexibility index (Phi) is 9.08. The molecule has 2 aromatic rings. The van der Waals surface area contributed by atoms with Gasteiger partial charge in [0.15, 0.2) is 5.11 Å². The number of nitrogens with one attached hydrogen (secondary N) is 3. The lowest BCUT2D eigenvalue weighted by Gasteiger charge is -2.13. The summed E-state index contributed by atoms with van der Waals surface area (Å²) in [5.41, 5.74) is 1.61. The zero-order chi connectivity index (χ0) is 21.2. The molecule has 0 aromatic heterocycles. The fraction of sp³-hybridized carbons (Fsp3) is 0.286. The highest BCUT2D eigenvalue weighted by atomic mass is 79.9. The molecule has 0 saturated heterocycles. The molecule has 0 bridgehead atoms. The van der Waals surface area contributed by atoms with Gasteiger partial charge in [-0.05, 0) is 68.0 Å². The largest absolute Gasteiger partial charge is 0.493 e. The minimum atomic E-state index is -0.366. The topological polar surface area (TPSA) is 79.5 Å². The Balaban J connectivity index is 2.01. The average Bonchev–Trinajstić information content (AvgIpc) is 2.69. The van der Waals surface area contributed by atoms with Gasteiger partial charge in [-0.2, -0.15) is 0 Å². The Morgan fingerprint density at radius 3 is 2.45 bits per heavy atom. The van der Waals surface area contributed by atoms with Gasteiger partial charge in [0.2, 0.25) is 0 Å². The highest BCUT2D eigenvalue weighted by Gasteiger charge is 2.15. The third-order valence-corrected chi connectivity index (χ3v) is 4.61. The van der Waals surface area contributed by atoms with Crippen molar-refractivity contribution >= 4 is 50.8 Å². The lowest BCUT2D eigenvalue weighted by Crippen LogP contribution is -2.34. The molecule has 0 atom stereocenters. The van der Waals surface area contributed by atoms with Gasteiger partial charge >= 0.3 is 0 Å². The number of anilines is 1. The predicted octanol–water partition coefficient (Wildman–Crippen LogP) is 4.50. The summed E-state index contributed by atoms with van der Waals surface area (Å²) in [6, 6.07) is 12.1. The number of amides is 2. The van der Waals surface area contributed by atoms with Crippen LogP contribution in [0.3, 0.4) is 0 Å². The predicted molar refractivity (Wildman–Crippen MR) is 123 cm³/mol. The number of hydrogen-bond acceptors (Lipinski definition) is 4. The van der Waals surface area contributed by atoms with Gasteiger partial charge in [-0.1, -0.05) is 29.3 Å². The van der Waals surface area contributed by atoms with Crippen LogP contribution in [0.2, 0.25) is 0 Å². The van der Waals surface area contributed by atoms with Crippen molar-refractivity contribution in [3.05, 3.63) is 58.1 Å². The van der Waals surface area contributed by atoms with Crippen LogP contribution in [0.1, 0.15) is 47.4 Å². The van der Waals surface area contributed by atoms with E-state index in [9.17, 15) is 9.59 Å². The first kappa shape index (κ1) is 22.8. The number of benzene rings is 2. The summed E-state index contributed by atoms with van der Waals surface area (Å²) in [4.78, 5) is 24.5. The van der Waals surface area contributed by atoms with Crippen molar-refractivity contribution in [3.8, 4) is 5.75 Å². The Morgan fingerprint density at radius 2 is 1.79 bits per heavy atom. The second-order valence-corrected chi connectivity index (χ2v) is 7.51. The summed E-state index contributed by atoms with van der Waals surface area (Å²) in [6.45, 7) is 5.04. The van der Waals surface area contributed by atoms with Crippen LogP contribution in [0.5, 0.6) is 5.75 Å². The Hall–Kier alpha value is -2.45. The Bertz CT molecular complexity index is 872. The number of ether oxygens (including phenoxy) is 1. The molecule has 0 aliphatic heterocycles. The monoisotopic (exact) mass is 477 g/mol. The molecule has 0 unspecified atom stereocenters. The summed E-state index contributed by atoms with van der Waals surface area (Å²) in [5, 5.41) is 8.49. The zero-order valence-electron chi connectivity index (χ0n) is 16.4. The molecule has 29 heavy (non-hydrogen) atoms. The van der Waals surface area contributed by atoms with Gasteiger partial charge in [-0.25, -0.2) is 0 Å². The van der Waals surface area contributed by atoms with E-state index in [1.807, 2.05) is 13.0 Å². The second kappa shape index (κ2) is 11.5. The number of halogens is 1. The maximum Gasteiger partial charge on any atom is 0.261 e. The molecule has 3 N–H and O–H groups in total. The van der Waals surface area contributed by atoms with Crippen molar-refractivity contribution < 1.29 is 14.3 Å². The molecular weight excluding hydrogens is 454 g/mol. The standard InChI is InChI=1S/C21H24BrN3O3S/c1-3-5-12-28-18-11-8-15(22)13-17(18)20(27)25-21(29)24-16-9-6-14(7-10-16)19(26)23-4-2/h6-11,13H,3-5,12H2,1-2H3,(H,23,26)(H2,24,25,27,29). The van der Waals surface area contributed by atoms with E-state index in [0.717, 1.165) is 17.3 Å². The highest BCUT2D eigenvalue weighted by molar-refractivity contribution is 9.10. The average molecular weight is 478 g/mol. The van der Waals surface area contributed by atoms with Crippen molar-refractivity contribution in [2.45, 2.75) is 26.7 Å². The molecule has 0 aliphatic rings. The van der Waals surface area contributed by atoms with Crippen LogP contribution >= 0.6 is 28.1 Å². The van der Waals surface area contributed by atoms with Crippen LogP contribution in [-0.2, 0) is 0 Å². The van der Waals surface area contributed by atoms with Gasteiger partial charge in [0.1, 0.15) is 5.75 Å². The summed E-state index contributed by atoms with van der Waals surface area (Å²) in [6.07, 6.45) is 1.91. The Morgan fingerprint density at radius 1 is 1.07 bits per heavy atom. The maximum atomic E-state index is 12.7. The number of unbranched alkanes of at least 4 members (excludes halogenated alkanes) is 1. The van der Waals surface area contributed by atoms with E-state index in [1.54, 1.807) is 36.4 Å². The fourth-order valence-electron chi connectivity index (χ4n) is 2.43.